The molecule has 0 aromatic heterocycles. The molecule has 6 nitrogen and oxygen atoms in total. The molecule has 3 saturated carbocycles. The molecule has 1 aliphatic heterocycles. The van der Waals surface area contributed by atoms with Gasteiger partial charge in [-0.05, 0) is 55.8 Å². The molecule has 6 heteroatoms. The first kappa shape index (κ1) is 16.9. The number of imide groups is 1. The van der Waals surface area contributed by atoms with Crippen LogP contribution in [0.4, 0.5) is 4.79 Å². The van der Waals surface area contributed by atoms with Crippen molar-refractivity contribution >= 4 is 17.8 Å². The molecule has 4 aliphatic rings. The third-order valence-electron chi connectivity index (χ3n) is 6.96. The number of amides is 4. The number of urea groups is 1. The molecule has 0 bridgehead atoms. The standard InChI is InChI=1S/C19H29N3O3/c1-11-4-3-5-15(12(11)2)20-16(23)10-22-17(24)19(13-6-7-13,14-8-9-14)21-18(22)25/h11-15H,3-10H2,1-2H3,(H,20,23)(H,21,25)/t11-,12+,15-/m1/s1. The molecule has 138 valence electrons. The Hall–Kier alpha value is -1.59. The first-order valence-corrected chi connectivity index (χ1v) is 9.87. The predicted octanol–water partition coefficient (Wildman–Crippen LogP) is 2.04. The maximum Gasteiger partial charge on any atom is 0.325 e. The number of carbonyl (C=O) groups excluding carboxylic acids is 3. The first-order valence-electron chi connectivity index (χ1n) is 9.87. The zero-order chi connectivity index (χ0) is 17.8. The van der Waals surface area contributed by atoms with Crippen molar-refractivity contribution in [1.29, 1.82) is 0 Å². The fourth-order valence-corrected chi connectivity index (χ4v) is 4.90. The highest BCUT2D eigenvalue weighted by molar-refractivity contribution is 6.09. The Bertz CT molecular complexity index is 585. The Balaban J connectivity index is 1.41. The summed E-state index contributed by atoms with van der Waals surface area (Å²) < 4.78 is 0. The summed E-state index contributed by atoms with van der Waals surface area (Å²) in [6, 6.07) is -0.238. The van der Waals surface area contributed by atoms with Crippen LogP contribution >= 0.6 is 0 Å². The lowest BCUT2D eigenvalue weighted by Crippen LogP contribution is -2.52. The van der Waals surface area contributed by atoms with Crippen molar-refractivity contribution < 1.29 is 14.4 Å². The largest absolute Gasteiger partial charge is 0.352 e. The maximum atomic E-state index is 13.0. The van der Waals surface area contributed by atoms with E-state index in [9.17, 15) is 14.4 Å². The molecule has 1 saturated heterocycles. The molecule has 0 unspecified atom stereocenters. The van der Waals surface area contributed by atoms with Gasteiger partial charge in [-0.25, -0.2) is 4.79 Å². The van der Waals surface area contributed by atoms with Crippen LogP contribution in [0.25, 0.3) is 0 Å². The molecule has 0 spiro atoms. The summed E-state index contributed by atoms with van der Waals surface area (Å²) in [7, 11) is 0. The third kappa shape index (κ3) is 2.83. The minimum Gasteiger partial charge on any atom is -0.352 e. The average molecular weight is 347 g/mol. The van der Waals surface area contributed by atoms with Gasteiger partial charge in [0.15, 0.2) is 0 Å². The molecule has 3 aliphatic carbocycles. The molecule has 25 heavy (non-hydrogen) atoms. The maximum absolute atomic E-state index is 13.0. The minimum absolute atomic E-state index is 0.147. The second-order valence-electron chi connectivity index (χ2n) is 8.68. The van der Waals surface area contributed by atoms with Gasteiger partial charge in [-0.3, -0.25) is 14.5 Å². The summed E-state index contributed by atoms with van der Waals surface area (Å²) in [5.41, 5.74) is -0.704. The zero-order valence-electron chi connectivity index (χ0n) is 15.2. The van der Waals surface area contributed by atoms with E-state index in [1.54, 1.807) is 0 Å². The molecule has 1 heterocycles. The summed E-state index contributed by atoms with van der Waals surface area (Å²) >= 11 is 0. The monoisotopic (exact) mass is 347 g/mol. The van der Waals surface area contributed by atoms with Crippen LogP contribution in [0, 0.1) is 23.7 Å². The number of hydrogen-bond donors (Lipinski definition) is 2. The van der Waals surface area contributed by atoms with E-state index in [1.807, 2.05) is 0 Å². The molecular formula is C19H29N3O3. The van der Waals surface area contributed by atoms with Gasteiger partial charge in [-0.15, -0.1) is 0 Å². The van der Waals surface area contributed by atoms with Crippen LogP contribution in [-0.4, -0.2) is 40.9 Å². The predicted molar refractivity (Wildman–Crippen MR) is 92.5 cm³/mol. The van der Waals surface area contributed by atoms with Crippen LogP contribution in [0.3, 0.4) is 0 Å². The molecule has 4 rings (SSSR count). The van der Waals surface area contributed by atoms with Gasteiger partial charge < -0.3 is 10.6 Å². The van der Waals surface area contributed by atoms with E-state index in [0.29, 0.717) is 11.8 Å². The van der Waals surface area contributed by atoms with Crippen molar-refractivity contribution in [3.05, 3.63) is 0 Å². The second-order valence-corrected chi connectivity index (χ2v) is 8.68. The van der Waals surface area contributed by atoms with E-state index in [0.717, 1.165) is 43.4 Å². The summed E-state index contributed by atoms with van der Waals surface area (Å²) in [6.45, 7) is 4.25. The highest BCUT2D eigenvalue weighted by atomic mass is 16.2. The van der Waals surface area contributed by atoms with E-state index in [4.69, 9.17) is 0 Å². The molecular weight excluding hydrogens is 318 g/mol. The number of rotatable bonds is 5. The first-order chi connectivity index (χ1) is 11.9. The van der Waals surface area contributed by atoms with Gasteiger partial charge in [-0.2, -0.15) is 0 Å². The average Bonchev–Trinajstić information content (AvgIpc) is 3.46. The third-order valence-corrected chi connectivity index (χ3v) is 6.96. The topological polar surface area (TPSA) is 78.5 Å². The fraction of sp³-hybridized carbons (Fsp3) is 0.842. The van der Waals surface area contributed by atoms with Crippen LogP contribution < -0.4 is 10.6 Å². The van der Waals surface area contributed by atoms with E-state index >= 15 is 0 Å². The lowest BCUT2D eigenvalue weighted by molar-refractivity contribution is -0.136. The van der Waals surface area contributed by atoms with Crippen LogP contribution in [0.15, 0.2) is 0 Å². The Morgan fingerprint density at radius 2 is 1.76 bits per heavy atom. The van der Waals surface area contributed by atoms with E-state index < -0.39 is 5.54 Å². The Morgan fingerprint density at radius 1 is 1.12 bits per heavy atom. The quantitative estimate of drug-likeness (QED) is 0.747. The Kier molecular flexibility index (Phi) is 4.04. The molecule has 0 radical (unpaired) electrons. The Morgan fingerprint density at radius 3 is 2.36 bits per heavy atom. The lowest BCUT2D eigenvalue weighted by Gasteiger charge is -2.34. The highest BCUT2D eigenvalue weighted by Gasteiger charge is 2.65. The van der Waals surface area contributed by atoms with Crippen molar-refractivity contribution in [3.63, 3.8) is 0 Å². The molecule has 0 aromatic rings. The molecule has 4 fully saturated rings. The van der Waals surface area contributed by atoms with Crippen molar-refractivity contribution in [2.45, 2.75) is 70.4 Å². The second kappa shape index (κ2) is 5.99. The van der Waals surface area contributed by atoms with Gasteiger partial charge in [0.25, 0.3) is 5.91 Å². The zero-order valence-corrected chi connectivity index (χ0v) is 15.2. The number of nitrogens with one attached hydrogen (secondary N) is 2. The van der Waals surface area contributed by atoms with E-state index in [1.165, 1.54) is 6.42 Å². The Labute approximate surface area is 149 Å². The van der Waals surface area contributed by atoms with Gasteiger partial charge in [0.05, 0.1) is 0 Å². The molecule has 0 aromatic carbocycles. The van der Waals surface area contributed by atoms with E-state index in [-0.39, 0.29) is 42.3 Å². The van der Waals surface area contributed by atoms with Gasteiger partial charge in [-0.1, -0.05) is 26.7 Å². The summed E-state index contributed by atoms with van der Waals surface area (Å²) in [4.78, 5) is 39.1. The summed E-state index contributed by atoms with van der Waals surface area (Å²) in [5.74, 6) is 1.18. The SMILES string of the molecule is C[C@H]1[C@H](C)CCC[C@H]1NC(=O)CN1C(=O)NC(C2CC2)(C2CC2)C1=O. The molecule has 4 amide bonds. The van der Waals surface area contributed by atoms with Crippen LogP contribution in [0.2, 0.25) is 0 Å². The van der Waals surface area contributed by atoms with Crippen LogP contribution in [0.1, 0.15) is 58.8 Å². The molecule has 3 atom stereocenters. The van der Waals surface area contributed by atoms with Gasteiger partial charge in [0.1, 0.15) is 12.1 Å². The van der Waals surface area contributed by atoms with Gasteiger partial charge in [0.2, 0.25) is 5.91 Å². The molecule has 2 N–H and O–H groups in total. The summed E-state index contributed by atoms with van der Waals surface area (Å²) in [6.07, 6.45) is 7.30. The lowest BCUT2D eigenvalue weighted by atomic mass is 9.78. The van der Waals surface area contributed by atoms with Crippen LogP contribution in [-0.2, 0) is 9.59 Å². The van der Waals surface area contributed by atoms with E-state index in [2.05, 4.69) is 24.5 Å². The number of carbonyl (C=O) groups is 3. The highest BCUT2D eigenvalue weighted by Crippen LogP contribution is 2.54. The van der Waals surface area contributed by atoms with Crippen molar-refractivity contribution in [2.75, 3.05) is 6.54 Å². The van der Waals surface area contributed by atoms with Gasteiger partial charge in [0, 0.05) is 6.04 Å². The van der Waals surface area contributed by atoms with Crippen molar-refractivity contribution in [1.82, 2.24) is 15.5 Å². The smallest absolute Gasteiger partial charge is 0.325 e. The fourth-order valence-electron chi connectivity index (χ4n) is 4.90. The summed E-state index contributed by atoms with van der Waals surface area (Å²) in [5, 5.41) is 6.04. The van der Waals surface area contributed by atoms with Crippen LogP contribution in [0.5, 0.6) is 0 Å². The number of hydrogen-bond acceptors (Lipinski definition) is 3. The van der Waals surface area contributed by atoms with Gasteiger partial charge >= 0.3 is 6.03 Å². The number of nitrogens with zero attached hydrogens (tertiary/aromatic N) is 1. The van der Waals surface area contributed by atoms with Crippen molar-refractivity contribution in [2.24, 2.45) is 23.7 Å². The van der Waals surface area contributed by atoms with Crippen molar-refractivity contribution in [3.8, 4) is 0 Å². The minimum atomic E-state index is -0.704. The normalized spacial score (nSPS) is 34.8.